The third kappa shape index (κ3) is 2.36. The number of nitrogens with zero attached hydrogens (tertiary/aromatic N) is 1. The standard InChI is InChI=1S/C14H17ClFNO2S/c15-7-10-4-5-14(13(16)6-10)20(18,19)17-8-11-2-1-3-12(11)9-17/h4-6,11-12H,1-3,7-9H2. The molecule has 20 heavy (non-hydrogen) atoms. The lowest BCUT2D eigenvalue weighted by molar-refractivity contribution is 0.440. The van der Waals surface area contributed by atoms with Crippen LogP contribution in [0.15, 0.2) is 23.1 Å². The Morgan fingerprint density at radius 2 is 1.90 bits per heavy atom. The Bertz CT molecular complexity index is 608. The van der Waals surface area contributed by atoms with E-state index >= 15 is 0 Å². The summed E-state index contributed by atoms with van der Waals surface area (Å²) < 4.78 is 40.5. The minimum Gasteiger partial charge on any atom is -0.207 e. The zero-order valence-corrected chi connectivity index (χ0v) is 12.6. The lowest BCUT2D eigenvalue weighted by Gasteiger charge is -2.18. The van der Waals surface area contributed by atoms with E-state index in [2.05, 4.69) is 0 Å². The minimum atomic E-state index is -3.72. The van der Waals surface area contributed by atoms with Crippen LogP contribution in [0, 0.1) is 17.7 Å². The molecule has 2 fully saturated rings. The molecule has 0 spiro atoms. The summed E-state index contributed by atoms with van der Waals surface area (Å²) in [7, 11) is -3.72. The van der Waals surface area contributed by atoms with Crippen molar-refractivity contribution in [1.82, 2.24) is 4.31 Å². The highest BCUT2D eigenvalue weighted by Crippen LogP contribution is 2.40. The molecule has 1 heterocycles. The molecule has 0 aromatic heterocycles. The van der Waals surface area contributed by atoms with Crippen LogP contribution in [0.5, 0.6) is 0 Å². The Balaban J connectivity index is 1.89. The molecule has 1 aliphatic carbocycles. The van der Waals surface area contributed by atoms with Crippen LogP contribution in [-0.2, 0) is 15.9 Å². The SMILES string of the molecule is O=S(=O)(c1ccc(CCl)cc1F)N1CC2CCCC2C1. The Labute approximate surface area is 123 Å². The summed E-state index contributed by atoms with van der Waals surface area (Å²) in [6, 6.07) is 4.10. The molecule has 1 saturated carbocycles. The molecule has 2 aliphatic rings. The van der Waals surface area contributed by atoms with Crippen molar-refractivity contribution in [1.29, 1.82) is 0 Å². The molecule has 2 unspecified atom stereocenters. The molecule has 1 aromatic carbocycles. The van der Waals surface area contributed by atoms with Gasteiger partial charge in [-0.15, -0.1) is 11.6 Å². The van der Waals surface area contributed by atoms with Crippen LogP contribution < -0.4 is 0 Å². The number of hydrogen-bond acceptors (Lipinski definition) is 2. The van der Waals surface area contributed by atoms with Gasteiger partial charge in [0.05, 0.1) is 0 Å². The van der Waals surface area contributed by atoms with Crippen molar-refractivity contribution in [2.24, 2.45) is 11.8 Å². The molecule has 110 valence electrons. The first kappa shape index (κ1) is 14.3. The number of benzene rings is 1. The first-order chi connectivity index (χ1) is 9.52. The molecule has 6 heteroatoms. The van der Waals surface area contributed by atoms with Gasteiger partial charge in [0, 0.05) is 19.0 Å². The Morgan fingerprint density at radius 1 is 1.25 bits per heavy atom. The molecule has 1 saturated heterocycles. The fraction of sp³-hybridized carbons (Fsp3) is 0.571. The van der Waals surface area contributed by atoms with Crippen LogP contribution in [-0.4, -0.2) is 25.8 Å². The van der Waals surface area contributed by atoms with Gasteiger partial charge in [0.15, 0.2) is 0 Å². The van der Waals surface area contributed by atoms with Gasteiger partial charge >= 0.3 is 0 Å². The minimum absolute atomic E-state index is 0.172. The summed E-state index contributed by atoms with van der Waals surface area (Å²) in [5.41, 5.74) is 0.585. The quantitative estimate of drug-likeness (QED) is 0.804. The molecule has 0 amide bonds. The molecule has 1 aliphatic heterocycles. The third-order valence-corrected chi connectivity index (χ3v) is 6.63. The van der Waals surface area contributed by atoms with Crippen LogP contribution >= 0.6 is 11.6 Å². The fourth-order valence-electron chi connectivity index (χ4n) is 3.36. The maximum Gasteiger partial charge on any atom is 0.246 e. The van der Waals surface area contributed by atoms with Crippen molar-refractivity contribution in [2.75, 3.05) is 13.1 Å². The Morgan fingerprint density at radius 3 is 2.45 bits per heavy atom. The average molecular weight is 318 g/mol. The van der Waals surface area contributed by atoms with Crippen molar-refractivity contribution in [3.8, 4) is 0 Å². The second-order valence-electron chi connectivity index (χ2n) is 5.67. The van der Waals surface area contributed by atoms with Crippen molar-refractivity contribution in [3.63, 3.8) is 0 Å². The van der Waals surface area contributed by atoms with E-state index in [0.717, 1.165) is 12.8 Å². The lowest BCUT2D eigenvalue weighted by Crippen LogP contribution is -2.30. The summed E-state index contributed by atoms with van der Waals surface area (Å²) in [5.74, 6) is 0.371. The molecule has 0 radical (unpaired) electrons. The first-order valence-corrected chi connectivity index (χ1v) is 8.84. The number of sulfonamides is 1. The van der Waals surface area contributed by atoms with E-state index in [1.54, 1.807) is 6.07 Å². The number of hydrogen-bond donors (Lipinski definition) is 0. The van der Waals surface area contributed by atoms with Gasteiger partial charge < -0.3 is 0 Å². The smallest absolute Gasteiger partial charge is 0.207 e. The van der Waals surface area contributed by atoms with Crippen LogP contribution in [0.2, 0.25) is 0 Å². The molecule has 0 N–H and O–H groups in total. The van der Waals surface area contributed by atoms with Gasteiger partial charge in [-0.3, -0.25) is 0 Å². The molecule has 3 nitrogen and oxygen atoms in total. The monoisotopic (exact) mass is 317 g/mol. The van der Waals surface area contributed by atoms with E-state index in [0.29, 0.717) is 30.5 Å². The van der Waals surface area contributed by atoms with Gasteiger partial charge in [-0.1, -0.05) is 12.5 Å². The van der Waals surface area contributed by atoms with Gasteiger partial charge in [-0.25, -0.2) is 12.8 Å². The van der Waals surface area contributed by atoms with Gasteiger partial charge in [-0.05, 0) is 42.4 Å². The molecule has 2 atom stereocenters. The Hall–Kier alpha value is -0.650. The predicted molar refractivity (Wildman–Crippen MR) is 75.5 cm³/mol. The largest absolute Gasteiger partial charge is 0.246 e. The van der Waals surface area contributed by atoms with Crippen LogP contribution in [0.4, 0.5) is 4.39 Å². The summed E-state index contributed by atoms with van der Waals surface area (Å²) in [6.07, 6.45) is 3.36. The maximum absolute atomic E-state index is 14.0. The van der Waals surface area contributed by atoms with E-state index in [4.69, 9.17) is 11.6 Å². The average Bonchev–Trinajstić information content (AvgIpc) is 2.99. The van der Waals surface area contributed by atoms with E-state index in [-0.39, 0.29) is 10.8 Å². The van der Waals surface area contributed by atoms with Crippen LogP contribution in [0.1, 0.15) is 24.8 Å². The second-order valence-corrected chi connectivity index (χ2v) is 7.85. The molecular weight excluding hydrogens is 301 g/mol. The van der Waals surface area contributed by atoms with E-state index in [1.165, 1.54) is 22.9 Å². The van der Waals surface area contributed by atoms with E-state index in [1.807, 2.05) is 0 Å². The fourth-order valence-corrected chi connectivity index (χ4v) is 5.13. The Kier molecular flexibility index (Phi) is 3.77. The first-order valence-electron chi connectivity index (χ1n) is 6.87. The number of alkyl halides is 1. The summed E-state index contributed by atoms with van der Waals surface area (Å²) in [5, 5.41) is 0. The summed E-state index contributed by atoms with van der Waals surface area (Å²) >= 11 is 5.63. The van der Waals surface area contributed by atoms with Crippen molar-refractivity contribution in [2.45, 2.75) is 30.0 Å². The highest BCUT2D eigenvalue weighted by molar-refractivity contribution is 7.89. The predicted octanol–water partition coefficient (Wildman–Crippen LogP) is 2.99. The van der Waals surface area contributed by atoms with Crippen molar-refractivity contribution >= 4 is 21.6 Å². The summed E-state index contributed by atoms with van der Waals surface area (Å²) in [6.45, 7) is 1.06. The molecular formula is C14H17ClFNO2S. The van der Waals surface area contributed by atoms with Gasteiger partial charge in [-0.2, -0.15) is 4.31 Å². The zero-order valence-electron chi connectivity index (χ0n) is 11.1. The molecule has 3 rings (SSSR count). The molecule has 1 aromatic rings. The summed E-state index contributed by atoms with van der Waals surface area (Å²) in [4.78, 5) is -0.230. The third-order valence-electron chi connectivity index (χ3n) is 4.46. The van der Waals surface area contributed by atoms with Gasteiger partial charge in [0.25, 0.3) is 0 Å². The van der Waals surface area contributed by atoms with Crippen LogP contribution in [0.3, 0.4) is 0 Å². The number of halogens is 2. The van der Waals surface area contributed by atoms with Gasteiger partial charge in [0.1, 0.15) is 10.7 Å². The normalized spacial score (nSPS) is 26.9. The lowest BCUT2D eigenvalue weighted by atomic mass is 10.0. The molecule has 0 bridgehead atoms. The topological polar surface area (TPSA) is 37.4 Å². The number of fused-ring (bicyclic) bond motifs is 1. The number of rotatable bonds is 3. The second kappa shape index (κ2) is 5.28. The van der Waals surface area contributed by atoms with E-state index < -0.39 is 15.8 Å². The highest BCUT2D eigenvalue weighted by Gasteiger charge is 2.42. The highest BCUT2D eigenvalue weighted by atomic mass is 35.5. The maximum atomic E-state index is 14.0. The van der Waals surface area contributed by atoms with Crippen LogP contribution in [0.25, 0.3) is 0 Å². The zero-order chi connectivity index (χ0) is 14.3. The van der Waals surface area contributed by atoms with Crippen molar-refractivity contribution < 1.29 is 12.8 Å². The van der Waals surface area contributed by atoms with E-state index in [9.17, 15) is 12.8 Å². The van der Waals surface area contributed by atoms with Crippen molar-refractivity contribution in [3.05, 3.63) is 29.6 Å². The van der Waals surface area contributed by atoms with Gasteiger partial charge in [0.2, 0.25) is 10.0 Å².